The highest BCUT2D eigenvalue weighted by molar-refractivity contribution is 6.31. The summed E-state index contributed by atoms with van der Waals surface area (Å²) < 4.78 is 4.74. The lowest BCUT2D eigenvalue weighted by Crippen LogP contribution is -2.16. The fraction of sp³-hybridized carbons (Fsp3) is 0.0952. The monoisotopic (exact) mass is 395 g/mol. The molecule has 2 aromatic carbocycles. The second kappa shape index (κ2) is 9.01. The first-order valence-electron chi connectivity index (χ1n) is 8.50. The second-order valence-electron chi connectivity index (χ2n) is 5.87. The fourth-order valence-corrected chi connectivity index (χ4v) is 2.77. The number of hydrogen-bond donors (Lipinski definition) is 2. The molecule has 0 aliphatic rings. The molecule has 0 saturated carbocycles. The van der Waals surface area contributed by atoms with Gasteiger partial charge in [0.1, 0.15) is 5.69 Å². The molecule has 0 atom stereocenters. The van der Waals surface area contributed by atoms with E-state index in [4.69, 9.17) is 16.3 Å². The largest absolute Gasteiger partial charge is 0.465 e. The van der Waals surface area contributed by atoms with Gasteiger partial charge in [0.25, 0.3) is 5.91 Å². The summed E-state index contributed by atoms with van der Waals surface area (Å²) in [6, 6.07) is 17.5. The summed E-state index contributed by atoms with van der Waals surface area (Å²) in [5.74, 6) is -0.961. The normalized spacial score (nSPS) is 10.2. The average molecular weight is 396 g/mol. The van der Waals surface area contributed by atoms with E-state index < -0.39 is 11.9 Å². The fourth-order valence-electron chi connectivity index (χ4n) is 2.57. The summed E-state index contributed by atoms with van der Waals surface area (Å²) >= 11 is 6.16. The molecule has 2 N–H and O–H groups in total. The van der Waals surface area contributed by atoms with Gasteiger partial charge in [-0.3, -0.25) is 9.78 Å². The number of nitrogens with one attached hydrogen (secondary N) is 2. The van der Waals surface area contributed by atoms with Crippen LogP contribution in [0.5, 0.6) is 0 Å². The predicted molar refractivity (Wildman–Crippen MR) is 109 cm³/mol. The maximum absolute atomic E-state index is 12.6. The van der Waals surface area contributed by atoms with Gasteiger partial charge >= 0.3 is 5.97 Å². The summed E-state index contributed by atoms with van der Waals surface area (Å²) in [7, 11) is 1.29. The summed E-state index contributed by atoms with van der Waals surface area (Å²) in [6.45, 7) is 0.510. The number of nitrogens with zero attached hydrogens (tertiary/aromatic N) is 1. The molecule has 28 heavy (non-hydrogen) atoms. The van der Waals surface area contributed by atoms with E-state index in [2.05, 4.69) is 15.6 Å². The van der Waals surface area contributed by atoms with Crippen molar-refractivity contribution in [1.29, 1.82) is 0 Å². The van der Waals surface area contributed by atoms with Crippen LogP contribution in [0.3, 0.4) is 0 Å². The number of carbonyl (C=O) groups is 2. The predicted octanol–water partition coefficient (Wildman–Crippen LogP) is 4.39. The molecular weight excluding hydrogens is 378 g/mol. The Balaban J connectivity index is 1.73. The Morgan fingerprint density at radius 1 is 1.07 bits per heavy atom. The molecular formula is C21H18ClN3O3. The van der Waals surface area contributed by atoms with Crippen LogP contribution in [0.1, 0.15) is 26.4 Å². The average Bonchev–Trinajstić information content (AvgIpc) is 2.73. The van der Waals surface area contributed by atoms with Crippen LogP contribution in [0, 0.1) is 0 Å². The number of hydrogen-bond acceptors (Lipinski definition) is 5. The van der Waals surface area contributed by atoms with Gasteiger partial charge in [0.15, 0.2) is 0 Å². The highest BCUT2D eigenvalue weighted by Gasteiger charge is 2.15. The number of benzene rings is 2. The minimum absolute atomic E-state index is 0.212. The quantitative estimate of drug-likeness (QED) is 0.605. The van der Waals surface area contributed by atoms with Gasteiger partial charge in [-0.05, 0) is 35.9 Å². The van der Waals surface area contributed by atoms with E-state index in [0.29, 0.717) is 17.3 Å². The lowest BCUT2D eigenvalue weighted by Gasteiger charge is -2.11. The van der Waals surface area contributed by atoms with E-state index >= 15 is 0 Å². The Labute approximate surface area is 167 Å². The molecule has 3 aromatic rings. The van der Waals surface area contributed by atoms with E-state index in [1.165, 1.54) is 13.3 Å². The van der Waals surface area contributed by atoms with Crippen LogP contribution in [0.2, 0.25) is 5.02 Å². The van der Waals surface area contributed by atoms with Crippen LogP contribution in [-0.2, 0) is 11.3 Å². The van der Waals surface area contributed by atoms with Gasteiger partial charge in [-0.15, -0.1) is 0 Å². The van der Waals surface area contributed by atoms with E-state index in [0.717, 1.165) is 11.3 Å². The van der Waals surface area contributed by atoms with Gasteiger partial charge in [0.2, 0.25) is 0 Å². The zero-order valence-electron chi connectivity index (χ0n) is 15.1. The molecule has 0 bridgehead atoms. The van der Waals surface area contributed by atoms with Crippen molar-refractivity contribution in [3.8, 4) is 0 Å². The van der Waals surface area contributed by atoms with Gasteiger partial charge in [-0.2, -0.15) is 0 Å². The molecule has 6 nitrogen and oxygen atoms in total. The molecule has 0 fully saturated rings. The minimum Gasteiger partial charge on any atom is -0.465 e. The van der Waals surface area contributed by atoms with E-state index in [9.17, 15) is 9.59 Å². The van der Waals surface area contributed by atoms with Crippen molar-refractivity contribution in [2.75, 3.05) is 17.7 Å². The Kier molecular flexibility index (Phi) is 6.24. The van der Waals surface area contributed by atoms with Crippen molar-refractivity contribution in [3.05, 3.63) is 88.7 Å². The molecule has 0 saturated heterocycles. The first kappa shape index (κ1) is 19.4. The van der Waals surface area contributed by atoms with Gasteiger partial charge in [0.05, 0.1) is 18.4 Å². The number of pyridine rings is 1. The lowest BCUT2D eigenvalue weighted by molar-refractivity contribution is 0.0602. The molecule has 0 radical (unpaired) electrons. The van der Waals surface area contributed by atoms with Gasteiger partial charge in [-0.25, -0.2) is 4.79 Å². The number of para-hydroxylation sites is 1. The van der Waals surface area contributed by atoms with E-state index in [-0.39, 0.29) is 11.3 Å². The SMILES string of the molecule is COC(=O)c1ccccc1NC(=O)c1cc(NCc2ccccc2Cl)ccn1. The van der Waals surface area contributed by atoms with Crippen LogP contribution in [0.4, 0.5) is 11.4 Å². The molecule has 3 rings (SSSR count). The number of aromatic nitrogens is 1. The van der Waals surface area contributed by atoms with Gasteiger partial charge in [-0.1, -0.05) is 41.9 Å². The highest BCUT2D eigenvalue weighted by Crippen LogP contribution is 2.19. The number of amides is 1. The molecule has 1 amide bonds. The molecule has 0 spiro atoms. The third kappa shape index (κ3) is 4.66. The van der Waals surface area contributed by atoms with Crippen LogP contribution in [0.15, 0.2) is 66.9 Å². The summed E-state index contributed by atoms with van der Waals surface area (Å²) in [4.78, 5) is 28.5. The number of ether oxygens (including phenoxy) is 1. The Bertz CT molecular complexity index is 1010. The maximum atomic E-state index is 12.6. The van der Waals surface area contributed by atoms with Crippen molar-refractivity contribution >= 4 is 34.9 Å². The third-order valence-corrected chi connectivity index (χ3v) is 4.38. The molecule has 0 aliphatic heterocycles. The standard InChI is InChI=1S/C21H18ClN3O3/c1-28-21(27)16-7-3-5-9-18(16)25-20(26)19-12-15(10-11-23-19)24-13-14-6-2-4-8-17(14)22/h2-12H,13H2,1H3,(H,23,24)(H,25,26). The number of rotatable bonds is 6. The van der Waals surface area contributed by atoms with Crippen molar-refractivity contribution in [1.82, 2.24) is 4.98 Å². The number of esters is 1. The highest BCUT2D eigenvalue weighted by atomic mass is 35.5. The lowest BCUT2D eigenvalue weighted by atomic mass is 10.1. The summed E-state index contributed by atoms with van der Waals surface area (Å²) in [5, 5.41) is 6.59. The zero-order chi connectivity index (χ0) is 19.9. The Morgan fingerprint density at radius 3 is 2.61 bits per heavy atom. The molecule has 142 valence electrons. The molecule has 0 aliphatic carbocycles. The van der Waals surface area contributed by atoms with Crippen LogP contribution in [0.25, 0.3) is 0 Å². The molecule has 1 heterocycles. The molecule has 0 unspecified atom stereocenters. The Hall–Kier alpha value is -3.38. The molecule has 7 heteroatoms. The molecule has 1 aromatic heterocycles. The van der Waals surface area contributed by atoms with E-state index in [1.54, 1.807) is 36.4 Å². The van der Waals surface area contributed by atoms with Crippen molar-refractivity contribution in [2.24, 2.45) is 0 Å². The van der Waals surface area contributed by atoms with Crippen molar-refractivity contribution in [2.45, 2.75) is 6.54 Å². The third-order valence-electron chi connectivity index (χ3n) is 4.01. The second-order valence-corrected chi connectivity index (χ2v) is 6.27. The number of methoxy groups -OCH3 is 1. The smallest absolute Gasteiger partial charge is 0.339 e. The van der Waals surface area contributed by atoms with Crippen molar-refractivity contribution < 1.29 is 14.3 Å². The first-order valence-corrected chi connectivity index (χ1v) is 8.88. The maximum Gasteiger partial charge on any atom is 0.339 e. The summed E-state index contributed by atoms with van der Waals surface area (Å²) in [5.41, 5.74) is 2.51. The number of halogens is 1. The van der Waals surface area contributed by atoms with Crippen LogP contribution in [-0.4, -0.2) is 24.0 Å². The first-order chi connectivity index (χ1) is 13.6. The van der Waals surface area contributed by atoms with Crippen LogP contribution >= 0.6 is 11.6 Å². The summed E-state index contributed by atoms with van der Waals surface area (Å²) in [6.07, 6.45) is 1.54. The van der Waals surface area contributed by atoms with Gasteiger partial charge < -0.3 is 15.4 Å². The van der Waals surface area contributed by atoms with E-state index in [1.807, 2.05) is 24.3 Å². The topological polar surface area (TPSA) is 80.3 Å². The number of anilines is 2. The van der Waals surface area contributed by atoms with Crippen LogP contribution < -0.4 is 10.6 Å². The Morgan fingerprint density at radius 2 is 1.82 bits per heavy atom. The van der Waals surface area contributed by atoms with Gasteiger partial charge in [0, 0.05) is 23.5 Å². The number of carbonyl (C=O) groups excluding carboxylic acids is 2. The minimum atomic E-state index is -0.529. The zero-order valence-corrected chi connectivity index (χ0v) is 15.9. The van der Waals surface area contributed by atoms with Crippen molar-refractivity contribution in [3.63, 3.8) is 0 Å².